The van der Waals surface area contributed by atoms with Crippen LogP contribution in [0.2, 0.25) is 10.0 Å². The molecule has 25 heavy (non-hydrogen) atoms. The molecule has 0 heterocycles. The Kier molecular flexibility index (Phi) is 5.52. The fraction of sp³-hybridized carbons (Fsp3) is 0.105. The van der Waals surface area contributed by atoms with Gasteiger partial charge in [-0.25, -0.2) is 0 Å². The van der Waals surface area contributed by atoms with Crippen LogP contribution in [0, 0.1) is 0 Å². The number of carbonyl (C=O) groups is 1. The van der Waals surface area contributed by atoms with Crippen molar-refractivity contribution in [3.63, 3.8) is 0 Å². The standard InChI is InChI=1S/C19H14BrCl2NO2/c1-25-17-8-5-11-9-12(20)6-7-13(11)14(17)10-18(24)23-16-4-2-3-15(21)19(16)22/h2-9H,10H2,1H3,(H,23,24). The molecule has 0 fully saturated rings. The van der Waals surface area contributed by atoms with Crippen LogP contribution >= 0.6 is 39.1 Å². The highest BCUT2D eigenvalue weighted by molar-refractivity contribution is 9.10. The van der Waals surface area contributed by atoms with Gasteiger partial charge in [-0.15, -0.1) is 0 Å². The third kappa shape index (κ3) is 3.92. The van der Waals surface area contributed by atoms with Crippen molar-refractivity contribution >= 4 is 61.5 Å². The molecule has 0 aliphatic heterocycles. The number of hydrogen-bond donors (Lipinski definition) is 1. The largest absolute Gasteiger partial charge is 0.496 e. The summed E-state index contributed by atoms with van der Waals surface area (Å²) in [6.45, 7) is 0. The molecular formula is C19H14BrCl2NO2. The van der Waals surface area contributed by atoms with Gasteiger partial charge in [0.05, 0.1) is 29.3 Å². The zero-order valence-electron chi connectivity index (χ0n) is 13.3. The van der Waals surface area contributed by atoms with Gasteiger partial charge in [0.25, 0.3) is 0 Å². The average Bonchev–Trinajstić information content (AvgIpc) is 2.59. The second-order valence-corrected chi connectivity index (χ2v) is 7.14. The predicted molar refractivity (Wildman–Crippen MR) is 107 cm³/mol. The lowest BCUT2D eigenvalue weighted by Crippen LogP contribution is -2.15. The smallest absolute Gasteiger partial charge is 0.229 e. The van der Waals surface area contributed by atoms with Crippen molar-refractivity contribution in [1.29, 1.82) is 0 Å². The Morgan fingerprint density at radius 3 is 2.72 bits per heavy atom. The van der Waals surface area contributed by atoms with E-state index >= 15 is 0 Å². The van der Waals surface area contributed by atoms with E-state index in [-0.39, 0.29) is 12.3 Å². The summed E-state index contributed by atoms with van der Waals surface area (Å²) in [7, 11) is 1.59. The highest BCUT2D eigenvalue weighted by Gasteiger charge is 2.15. The topological polar surface area (TPSA) is 38.3 Å². The van der Waals surface area contributed by atoms with Gasteiger partial charge in [0.2, 0.25) is 5.91 Å². The number of nitrogens with one attached hydrogen (secondary N) is 1. The number of rotatable bonds is 4. The molecule has 0 radical (unpaired) electrons. The Balaban J connectivity index is 1.93. The minimum Gasteiger partial charge on any atom is -0.496 e. The van der Waals surface area contributed by atoms with Gasteiger partial charge < -0.3 is 10.1 Å². The highest BCUT2D eigenvalue weighted by atomic mass is 79.9. The van der Waals surface area contributed by atoms with E-state index in [0.29, 0.717) is 21.5 Å². The van der Waals surface area contributed by atoms with Crippen LogP contribution in [0.3, 0.4) is 0 Å². The van der Waals surface area contributed by atoms with Crippen LogP contribution in [0.4, 0.5) is 5.69 Å². The molecule has 0 aromatic heterocycles. The van der Waals surface area contributed by atoms with Crippen molar-refractivity contribution in [3.8, 4) is 5.75 Å². The van der Waals surface area contributed by atoms with E-state index in [1.807, 2.05) is 30.3 Å². The number of benzene rings is 3. The monoisotopic (exact) mass is 437 g/mol. The predicted octanol–water partition coefficient (Wildman–Crippen LogP) is 6.10. The Morgan fingerprint density at radius 2 is 1.96 bits per heavy atom. The van der Waals surface area contributed by atoms with Crippen LogP contribution < -0.4 is 10.1 Å². The zero-order chi connectivity index (χ0) is 18.0. The Labute approximate surface area is 164 Å². The van der Waals surface area contributed by atoms with Crippen molar-refractivity contribution in [2.75, 3.05) is 12.4 Å². The minimum atomic E-state index is -0.196. The number of amides is 1. The first-order valence-corrected chi connectivity index (χ1v) is 9.03. The summed E-state index contributed by atoms with van der Waals surface area (Å²) >= 11 is 15.6. The van der Waals surface area contributed by atoms with E-state index in [9.17, 15) is 4.79 Å². The second-order valence-electron chi connectivity index (χ2n) is 5.44. The summed E-state index contributed by atoms with van der Waals surface area (Å²) in [5.74, 6) is 0.472. The number of hydrogen-bond acceptors (Lipinski definition) is 2. The van der Waals surface area contributed by atoms with Crippen molar-refractivity contribution in [3.05, 3.63) is 68.6 Å². The van der Waals surface area contributed by atoms with Crippen LogP contribution in [-0.2, 0) is 11.2 Å². The molecule has 0 atom stereocenters. The van der Waals surface area contributed by atoms with Crippen LogP contribution in [-0.4, -0.2) is 13.0 Å². The lowest BCUT2D eigenvalue weighted by molar-refractivity contribution is -0.115. The van der Waals surface area contributed by atoms with E-state index < -0.39 is 0 Å². The number of halogens is 3. The normalized spacial score (nSPS) is 10.7. The zero-order valence-corrected chi connectivity index (χ0v) is 16.4. The van der Waals surface area contributed by atoms with Crippen molar-refractivity contribution in [2.45, 2.75) is 6.42 Å². The number of carbonyl (C=O) groups excluding carboxylic acids is 1. The molecule has 0 spiro atoms. The van der Waals surface area contributed by atoms with E-state index in [0.717, 1.165) is 20.8 Å². The Morgan fingerprint density at radius 1 is 1.16 bits per heavy atom. The second kappa shape index (κ2) is 7.65. The van der Waals surface area contributed by atoms with Crippen molar-refractivity contribution in [2.24, 2.45) is 0 Å². The third-order valence-electron chi connectivity index (χ3n) is 3.83. The Bertz CT molecular complexity index is 960. The first-order valence-electron chi connectivity index (χ1n) is 7.48. The third-order valence-corrected chi connectivity index (χ3v) is 5.15. The minimum absolute atomic E-state index is 0.158. The summed E-state index contributed by atoms with van der Waals surface area (Å²) in [4.78, 5) is 12.5. The molecule has 3 aromatic rings. The molecule has 3 nitrogen and oxygen atoms in total. The lowest BCUT2D eigenvalue weighted by atomic mass is 10.0. The summed E-state index contributed by atoms with van der Waals surface area (Å²) in [6.07, 6.45) is 0.158. The van der Waals surface area contributed by atoms with Crippen LogP contribution in [0.1, 0.15) is 5.56 Å². The van der Waals surface area contributed by atoms with Gasteiger partial charge in [-0.2, -0.15) is 0 Å². The molecule has 3 aromatic carbocycles. The summed E-state index contributed by atoms with van der Waals surface area (Å²) in [6, 6.07) is 14.9. The first kappa shape index (κ1) is 18.1. The van der Waals surface area contributed by atoms with Gasteiger partial charge in [-0.3, -0.25) is 4.79 Å². The van der Waals surface area contributed by atoms with Crippen LogP contribution in [0.25, 0.3) is 10.8 Å². The fourth-order valence-corrected chi connectivity index (χ4v) is 3.40. The highest BCUT2D eigenvalue weighted by Crippen LogP contribution is 2.32. The molecular weight excluding hydrogens is 425 g/mol. The van der Waals surface area contributed by atoms with Gasteiger partial charge in [0.15, 0.2) is 0 Å². The van der Waals surface area contributed by atoms with Gasteiger partial charge >= 0.3 is 0 Å². The molecule has 1 N–H and O–H groups in total. The maximum atomic E-state index is 12.5. The summed E-state index contributed by atoms with van der Waals surface area (Å²) < 4.78 is 6.42. The molecule has 0 saturated carbocycles. The van der Waals surface area contributed by atoms with E-state index in [2.05, 4.69) is 21.2 Å². The van der Waals surface area contributed by atoms with Crippen molar-refractivity contribution in [1.82, 2.24) is 0 Å². The van der Waals surface area contributed by atoms with Crippen LogP contribution in [0.15, 0.2) is 53.0 Å². The van der Waals surface area contributed by atoms with Gasteiger partial charge in [-0.05, 0) is 41.1 Å². The molecule has 6 heteroatoms. The van der Waals surface area contributed by atoms with Gasteiger partial charge in [0.1, 0.15) is 5.75 Å². The fourth-order valence-electron chi connectivity index (χ4n) is 2.67. The van der Waals surface area contributed by atoms with E-state index in [4.69, 9.17) is 27.9 Å². The summed E-state index contributed by atoms with van der Waals surface area (Å²) in [5.41, 5.74) is 1.31. The molecule has 0 bridgehead atoms. The number of ether oxygens (including phenoxy) is 1. The van der Waals surface area contributed by atoms with E-state index in [1.165, 1.54) is 0 Å². The molecule has 1 amide bonds. The molecule has 0 saturated heterocycles. The molecule has 0 aliphatic rings. The first-order chi connectivity index (χ1) is 12.0. The van der Waals surface area contributed by atoms with E-state index in [1.54, 1.807) is 25.3 Å². The molecule has 0 unspecified atom stereocenters. The summed E-state index contributed by atoms with van der Waals surface area (Å²) in [5, 5.41) is 5.52. The SMILES string of the molecule is COc1ccc2cc(Br)ccc2c1CC(=O)Nc1cccc(Cl)c1Cl. The lowest BCUT2D eigenvalue weighted by Gasteiger charge is -2.13. The Hall–Kier alpha value is -1.75. The van der Waals surface area contributed by atoms with Gasteiger partial charge in [0, 0.05) is 10.0 Å². The van der Waals surface area contributed by atoms with Crippen LogP contribution in [0.5, 0.6) is 5.75 Å². The number of anilines is 1. The maximum absolute atomic E-state index is 12.5. The number of fused-ring (bicyclic) bond motifs is 1. The maximum Gasteiger partial charge on any atom is 0.229 e. The molecule has 128 valence electrons. The molecule has 3 rings (SSSR count). The number of methoxy groups -OCH3 is 1. The van der Waals surface area contributed by atoms with Crippen molar-refractivity contribution < 1.29 is 9.53 Å². The quantitative estimate of drug-likeness (QED) is 0.534. The molecule has 0 aliphatic carbocycles. The van der Waals surface area contributed by atoms with Gasteiger partial charge in [-0.1, -0.05) is 57.3 Å². The average molecular weight is 439 g/mol.